The summed E-state index contributed by atoms with van der Waals surface area (Å²) < 4.78 is 0. The van der Waals surface area contributed by atoms with Crippen LogP contribution in [-0.4, -0.2) is 38.1 Å². The lowest BCUT2D eigenvalue weighted by atomic mass is 9.98. The van der Waals surface area contributed by atoms with Crippen molar-refractivity contribution in [3.8, 4) is 12.1 Å². The molecule has 3 rings (SSSR count). The molecule has 0 aromatic heterocycles. The number of nitriles is 2. The first-order valence-electron chi connectivity index (χ1n) is 7.04. The summed E-state index contributed by atoms with van der Waals surface area (Å²) in [4.78, 5) is 4.65. The van der Waals surface area contributed by atoms with Crippen molar-refractivity contribution >= 4 is 16.5 Å². The molecule has 0 amide bonds. The second-order valence-electron chi connectivity index (χ2n) is 5.37. The van der Waals surface area contributed by atoms with Gasteiger partial charge < -0.3 is 9.80 Å². The van der Waals surface area contributed by atoms with Crippen LogP contribution in [0.2, 0.25) is 0 Å². The Bertz CT molecular complexity index is 738. The van der Waals surface area contributed by atoms with Crippen LogP contribution in [0.4, 0.5) is 5.69 Å². The summed E-state index contributed by atoms with van der Waals surface area (Å²) in [5.74, 6) is 0. The first-order valence-corrected chi connectivity index (χ1v) is 7.04. The number of rotatable bonds is 1. The van der Waals surface area contributed by atoms with E-state index < -0.39 is 0 Å². The van der Waals surface area contributed by atoms with Crippen molar-refractivity contribution in [1.82, 2.24) is 4.90 Å². The van der Waals surface area contributed by atoms with Gasteiger partial charge in [0.25, 0.3) is 0 Å². The van der Waals surface area contributed by atoms with E-state index in [4.69, 9.17) is 0 Å². The first kappa shape index (κ1) is 13.4. The SMILES string of the molecule is CN1CCN(c2ccc(C#N)c3c(C#N)cccc23)CC1. The van der Waals surface area contributed by atoms with Gasteiger partial charge in [0.15, 0.2) is 0 Å². The van der Waals surface area contributed by atoms with Crippen LogP contribution in [0.15, 0.2) is 30.3 Å². The van der Waals surface area contributed by atoms with E-state index in [0.717, 1.165) is 42.6 Å². The van der Waals surface area contributed by atoms with Crippen molar-refractivity contribution in [2.45, 2.75) is 0 Å². The van der Waals surface area contributed by atoms with Gasteiger partial charge in [0.05, 0.1) is 23.3 Å². The van der Waals surface area contributed by atoms with Gasteiger partial charge in [-0.2, -0.15) is 10.5 Å². The molecule has 0 atom stereocenters. The van der Waals surface area contributed by atoms with Gasteiger partial charge in [0.1, 0.15) is 0 Å². The van der Waals surface area contributed by atoms with Crippen molar-refractivity contribution in [2.24, 2.45) is 0 Å². The third-order valence-electron chi connectivity index (χ3n) is 4.10. The van der Waals surface area contributed by atoms with Crippen LogP contribution in [0, 0.1) is 22.7 Å². The number of likely N-dealkylation sites (N-methyl/N-ethyl adjacent to an activating group) is 1. The molecule has 4 heteroatoms. The van der Waals surface area contributed by atoms with E-state index >= 15 is 0 Å². The van der Waals surface area contributed by atoms with Crippen LogP contribution in [-0.2, 0) is 0 Å². The molecule has 1 aliphatic rings. The molecule has 0 spiro atoms. The van der Waals surface area contributed by atoms with E-state index in [9.17, 15) is 10.5 Å². The Morgan fingerprint density at radius 3 is 2.24 bits per heavy atom. The molecule has 2 aromatic rings. The smallest absolute Gasteiger partial charge is 0.0998 e. The van der Waals surface area contributed by atoms with Crippen molar-refractivity contribution in [3.05, 3.63) is 41.5 Å². The predicted molar refractivity (Wildman–Crippen MR) is 83.1 cm³/mol. The van der Waals surface area contributed by atoms with Gasteiger partial charge in [0, 0.05) is 42.6 Å². The van der Waals surface area contributed by atoms with Gasteiger partial charge in [-0.05, 0) is 25.2 Å². The normalized spacial score (nSPS) is 15.7. The zero-order valence-electron chi connectivity index (χ0n) is 12.0. The lowest BCUT2D eigenvalue weighted by Crippen LogP contribution is -2.44. The minimum absolute atomic E-state index is 0.569. The third kappa shape index (κ3) is 2.31. The Morgan fingerprint density at radius 2 is 1.57 bits per heavy atom. The molecule has 1 saturated heterocycles. The Labute approximate surface area is 124 Å². The number of anilines is 1. The standard InChI is InChI=1S/C17H16N4/c1-20-7-9-21(10-8-20)16-6-5-14(12-19)17-13(11-18)3-2-4-15(16)17/h2-6H,7-10H2,1H3. The van der Waals surface area contributed by atoms with Gasteiger partial charge in [-0.25, -0.2) is 0 Å². The number of nitrogens with zero attached hydrogens (tertiary/aromatic N) is 4. The first-order chi connectivity index (χ1) is 10.2. The number of hydrogen-bond donors (Lipinski definition) is 0. The number of hydrogen-bond acceptors (Lipinski definition) is 4. The van der Waals surface area contributed by atoms with E-state index in [1.807, 2.05) is 24.3 Å². The highest BCUT2D eigenvalue weighted by Gasteiger charge is 2.18. The quantitative estimate of drug-likeness (QED) is 0.802. The molecule has 1 aliphatic heterocycles. The fraction of sp³-hybridized carbons (Fsp3) is 0.294. The second kappa shape index (κ2) is 5.44. The summed E-state index contributed by atoms with van der Waals surface area (Å²) >= 11 is 0. The molecule has 1 fully saturated rings. The van der Waals surface area contributed by atoms with Crippen molar-refractivity contribution in [3.63, 3.8) is 0 Å². The lowest BCUT2D eigenvalue weighted by Gasteiger charge is -2.34. The fourth-order valence-corrected chi connectivity index (χ4v) is 2.90. The number of piperazine rings is 1. The fourth-order valence-electron chi connectivity index (χ4n) is 2.90. The maximum absolute atomic E-state index is 9.31. The molecule has 0 N–H and O–H groups in total. The molecule has 0 unspecified atom stereocenters. The summed E-state index contributed by atoms with van der Waals surface area (Å²) in [6, 6.07) is 13.9. The van der Waals surface area contributed by atoms with Crippen LogP contribution in [0.1, 0.15) is 11.1 Å². The van der Waals surface area contributed by atoms with Crippen LogP contribution >= 0.6 is 0 Å². The van der Waals surface area contributed by atoms with Crippen molar-refractivity contribution in [2.75, 3.05) is 38.1 Å². The summed E-state index contributed by atoms with van der Waals surface area (Å²) in [6.07, 6.45) is 0. The highest BCUT2D eigenvalue weighted by molar-refractivity contribution is 6.01. The van der Waals surface area contributed by atoms with Crippen molar-refractivity contribution in [1.29, 1.82) is 10.5 Å². The zero-order valence-corrected chi connectivity index (χ0v) is 12.0. The largest absolute Gasteiger partial charge is 0.368 e. The van der Waals surface area contributed by atoms with E-state index in [2.05, 4.69) is 29.0 Å². The summed E-state index contributed by atoms with van der Waals surface area (Å²) in [6.45, 7) is 3.99. The van der Waals surface area contributed by atoms with Gasteiger partial charge in [-0.3, -0.25) is 0 Å². The molecule has 0 saturated carbocycles. The Morgan fingerprint density at radius 1 is 0.905 bits per heavy atom. The van der Waals surface area contributed by atoms with Gasteiger partial charge >= 0.3 is 0 Å². The summed E-state index contributed by atoms with van der Waals surface area (Å²) in [5.41, 5.74) is 2.26. The molecule has 21 heavy (non-hydrogen) atoms. The average molecular weight is 276 g/mol. The number of benzene rings is 2. The van der Waals surface area contributed by atoms with Gasteiger partial charge in [0.2, 0.25) is 0 Å². The molecular formula is C17H16N4. The molecule has 4 nitrogen and oxygen atoms in total. The summed E-state index contributed by atoms with van der Waals surface area (Å²) in [5, 5.41) is 20.4. The Kier molecular flexibility index (Phi) is 3.48. The molecule has 104 valence electrons. The van der Waals surface area contributed by atoms with E-state index in [-0.39, 0.29) is 0 Å². The monoisotopic (exact) mass is 276 g/mol. The molecule has 2 aromatic carbocycles. The maximum atomic E-state index is 9.31. The van der Waals surface area contributed by atoms with Gasteiger partial charge in [-0.1, -0.05) is 12.1 Å². The minimum atomic E-state index is 0.569. The second-order valence-corrected chi connectivity index (χ2v) is 5.37. The molecule has 0 bridgehead atoms. The van der Waals surface area contributed by atoms with Crippen LogP contribution in [0.5, 0.6) is 0 Å². The highest BCUT2D eigenvalue weighted by atomic mass is 15.2. The third-order valence-corrected chi connectivity index (χ3v) is 4.10. The molecule has 0 radical (unpaired) electrons. The number of fused-ring (bicyclic) bond motifs is 1. The Hall–Kier alpha value is -2.56. The molecule has 0 aliphatic carbocycles. The van der Waals surface area contributed by atoms with Crippen LogP contribution < -0.4 is 4.90 Å². The topological polar surface area (TPSA) is 54.1 Å². The maximum Gasteiger partial charge on any atom is 0.0998 e. The van der Waals surface area contributed by atoms with Crippen molar-refractivity contribution < 1.29 is 0 Å². The molecule has 1 heterocycles. The zero-order chi connectivity index (χ0) is 14.8. The molecular weight excluding hydrogens is 260 g/mol. The highest BCUT2D eigenvalue weighted by Crippen LogP contribution is 2.32. The lowest BCUT2D eigenvalue weighted by molar-refractivity contribution is 0.313. The van der Waals surface area contributed by atoms with Crippen LogP contribution in [0.25, 0.3) is 10.8 Å². The summed E-state index contributed by atoms with van der Waals surface area (Å²) in [7, 11) is 2.13. The van der Waals surface area contributed by atoms with E-state index in [1.165, 1.54) is 0 Å². The van der Waals surface area contributed by atoms with E-state index in [1.54, 1.807) is 6.07 Å². The Balaban J connectivity index is 2.18. The van der Waals surface area contributed by atoms with E-state index in [0.29, 0.717) is 11.1 Å². The predicted octanol–water partition coefficient (Wildman–Crippen LogP) is 2.33. The van der Waals surface area contributed by atoms with Gasteiger partial charge in [-0.15, -0.1) is 0 Å². The minimum Gasteiger partial charge on any atom is -0.368 e. The van der Waals surface area contributed by atoms with Crippen LogP contribution in [0.3, 0.4) is 0 Å². The average Bonchev–Trinajstić information content (AvgIpc) is 2.54.